The normalized spacial score (nSPS) is 10.7. The topological polar surface area (TPSA) is 89.6 Å². The van der Waals surface area contributed by atoms with E-state index < -0.39 is 0 Å². The molecule has 0 atom stereocenters. The average Bonchev–Trinajstić information content (AvgIpc) is 2.91. The second kappa shape index (κ2) is 4.93. The number of rotatable bonds is 2. The van der Waals surface area contributed by atoms with Crippen LogP contribution in [0.25, 0.3) is 17.2 Å². The van der Waals surface area contributed by atoms with Gasteiger partial charge < -0.3 is 10.7 Å². The van der Waals surface area contributed by atoms with Crippen molar-refractivity contribution in [3.05, 3.63) is 57.8 Å². The second-order valence-corrected chi connectivity index (χ2v) is 4.91. The third-order valence-electron chi connectivity index (χ3n) is 2.79. The van der Waals surface area contributed by atoms with E-state index in [4.69, 9.17) is 5.73 Å². The van der Waals surface area contributed by atoms with Gasteiger partial charge in [-0.05, 0) is 28.1 Å². The van der Waals surface area contributed by atoms with E-state index in [0.29, 0.717) is 21.8 Å². The number of anilines is 1. The smallest absolute Gasteiger partial charge is 0.267 e. The van der Waals surface area contributed by atoms with E-state index in [2.05, 4.69) is 30.9 Å². The summed E-state index contributed by atoms with van der Waals surface area (Å²) in [5, 5.41) is 0. The fraction of sp³-hybridized carbons (Fsp3) is 0. The van der Waals surface area contributed by atoms with Crippen molar-refractivity contribution in [2.24, 2.45) is 0 Å². The molecule has 100 valence electrons. The van der Waals surface area contributed by atoms with Crippen LogP contribution in [0.4, 0.5) is 5.69 Å². The van der Waals surface area contributed by atoms with Gasteiger partial charge in [-0.15, -0.1) is 0 Å². The van der Waals surface area contributed by atoms with Gasteiger partial charge in [-0.3, -0.25) is 9.36 Å². The third kappa shape index (κ3) is 2.12. The first-order valence-electron chi connectivity index (χ1n) is 5.79. The molecule has 7 heteroatoms. The summed E-state index contributed by atoms with van der Waals surface area (Å²) in [4.78, 5) is 22.6. The van der Waals surface area contributed by atoms with Gasteiger partial charge in [0.15, 0.2) is 5.82 Å². The van der Waals surface area contributed by atoms with Crippen molar-refractivity contribution in [1.29, 1.82) is 0 Å². The molecule has 0 unspecified atom stereocenters. The van der Waals surface area contributed by atoms with Gasteiger partial charge in [0.05, 0.1) is 6.33 Å². The first-order valence-corrected chi connectivity index (χ1v) is 6.59. The zero-order valence-electron chi connectivity index (χ0n) is 10.2. The SMILES string of the molecule is Nc1cccc(-c2nccn2-c2nc[nH]c(=O)c2Br)c1. The molecule has 0 aliphatic rings. The van der Waals surface area contributed by atoms with E-state index in [0.717, 1.165) is 5.56 Å². The Morgan fingerprint density at radius 1 is 1.30 bits per heavy atom. The van der Waals surface area contributed by atoms with Crippen LogP contribution >= 0.6 is 15.9 Å². The number of hydrogen-bond acceptors (Lipinski definition) is 4. The Morgan fingerprint density at radius 3 is 2.95 bits per heavy atom. The molecule has 0 aliphatic heterocycles. The Bertz CT molecular complexity index is 823. The summed E-state index contributed by atoms with van der Waals surface area (Å²) >= 11 is 3.24. The van der Waals surface area contributed by atoms with Crippen LogP contribution in [0.1, 0.15) is 0 Å². The highest BCUT2D eigenvalue weighted by molar-refractivity contribution is 9.10. The Hall–Kier alpha value is -2.41. The van der Waals surface area contributed by atoms with Gasteiger partial charge in [0, 0.05) is 23.6 Å². The molecule has 0 fully saturated rings. The van der Waals surface area contributed by atoms with Crippen LogP contribution in [0.15, 0.2) is 52.3 Å². The van der Waals surface area contributed by atoms with Crippen molar-refractivity contribution in [1.82, 2.24) is 19.5 Å². The maximum atomic E-state index is 11.6. The van der Waals surface area contributed by atoms with Crippen LogP contribution in [-0.4, -0.2) is 19.5 Å². The molecule has 0 radical (unpaired) electrons. The van der Waals surface area contributed by atoms with Gasteiger partial charge >= 0.3 is 0 Å². The molecule has 3 aromatic rings. The van der Waals surface area contributed by atoms with Crippen molar-refractivity contribution in [3.8, 4) is 17.2 Å². The van der Waals surface area contributed by atoms with Gasteiger partial charge in [0.1, 0.15) is 10.3 Å². The fourth-order valence-corrected chi connectivity index (χ4v) is 2.32. The van der Waals surface area contributed by atoms with Crippen LogP contribution in [0.2, 0.25) is 0 Å². The largest absolute Gasteiger partial charge is 0.399 e. The quantitative estimate of drug-likeness (QED) is 0.702. The van der Waals surface area contributed by atoms with Gasteiger partial charge in [-0.2, -0.15) is 0 Å². The molecule has 0 saturated carbocycles. The molecular weight excluding hydrogens is 322 g/mol. The lowest BCUT2D eigenvalue weighted by atomic mass is 10.2. The van der Waals surface area contributed by atoms with E-state index >= 15 is 0 Å². The molecule has 0 amide bonds. The van der Waals surface area contributed by atoms with Crippen molar-refractivity contribution in [2.45, 2.75) is 0 Å². The van der Waals surface area contributed by atoms with Crippen molar-refractivity contribution >= 4 is 21.6 Å². The number of hydrogen-bond donors (Lipinski definition) is 2. The maximum Gasteiger partial charge on any atom is 0.267 e. The van der Waals surface area contributed by atoms with Gasteiger partial charge in [0.25, 0.3) is 5.56 Å². The van der Waals surface area contributed by atoms with Gasteiger partial charge in [-0.1, -0.05) is 12.1 Å². The van der Waals surface area contributed by atoms with Crippen molar-refractivity contribution in [3.63, 3.8) is 0 Å². The molecule has 0 spiro atoms. The summed E-state index contributed by atoms with van der Waals surface area (Å²) in [7, 11) is 0. The van der Waals surface area contributed by atoms with Crippen LogP contribution in [0.3, 0.4) is 0 Å². The number of aromatic amines is 1. The standard InChI is InChI=1S/C13H10BrN5O/c14-10-12(17-7-18-13(10)20)19-5-4-16-11(19)8-2-1-3-9(15)6-8/h1-7H,15H2,(H,17,18,20). The molecule has 20 heavy (non-hydrogen) atoms. The van der Waals surface area contributed by atoms with Crippen LogP contribution < -0.4 is 11.3 Å². The van der Waals surface area contributed by atoms with E-state index in [9.17, 15) is 4.79 Å². The lowest BCUT2D eigenvalue weighted by Gasteiger charge is -2.08. The Labute approximate surface area is 122 Å². The van der Waals surface area contributed by atoms with Gasteiger partial charge in [0.2, 0.25) is 0 Å². The predicted molar refractivity (Wildman–Crippen MR) is 79.5 cm³/mol. The summed E-state index contributed by atoms with van der Waals surface area (Å²) in [5.41, 5.74) is 7.04. The fourth-order valence-electron chi connectivity index (χ4n) is 1.91. The molecule has 2 heterocycles. The predicted octanol–water partition coefficient (Wildman–Crippen LogP) is 1.97. The van der Waals surface area contributed by atoms with E-state index in [-0.39, 0.29) is 5.56 Å². The summed E-state index contributed by atoms with van der Waals surface area (Å²) in [6.07, 6.45) is 4.74. The number of nitrogens with zero attached hydrogens (tertiary/aromatic N) is 3. The molecule has 3 N–H and O–H groups in total. The van der Waals surface area contributed by atoms with Crippen LogP contribution in [-0.2, 0) is 0 Å². The number of H-pyrrole nitrogens is 1. The van der Waals surface area contributed by atoms with E-state index in [1.165, 1.54) is 6.33 Å². The van der Waals surface area contributed by atoms with Crippen LogP contribution in [0, 0.1) is 0 Å². The number of nitrogen functional groups attached to an aromatic ring is 1. The molecular formula is C13H10BrN5O. The Balaban J connectivity index is 2.20. The number of benzene rings is 1. The summed E-state index contributed by atoms with van der Waals surface area (Å²) in [6.45, 7) is 0. The number of aromatic nitrogens is 4. The number of imidazole rings is 1. The Morgan fingerprint density at radius 2 is 2.15 bits per heavy atom. The van der Waals surface area contributed by atoms with E-state index in [1.807, 2.05) is 18.2 Å². The van der Waals surface area contributed by atoms with E-state index in [1.54, 1.807) is 23.0 Å². The monoisotopic (exact) mass is 331 g/mol. The lowest BCUT2D eigenvalue weighted by Crippen LogP contribution is -2.12. The molecule has 1 aromatic carbocycles. The molecule has 2 aromatic heterocycles. The number of nitrogens with two attached hydrogens (primary N) is 1. The number of nitrogens with one attached hydrogen (secondary N) is 1. The zero-order chi connectivity index (χ0) is 14.1. The highest BCUT2D eigenvalue weighted by atomic mass is 79.9. The minimum atomic E-state index is -0.248. The molecule has 0 bridgehead atoms. The van der Waals surface area contributed by atoms with Crippen molar-refractivity contribution < 1.29 is 0 Å². The van der Waals surface area contributed by atoms with Gasteiger partial charge in [-0.25, -0.2) is 9.97 Å². The minimum absolute atomic E-state index is 0.248. The maximum absolute atomic E-state index is 11.6. The third-order valence-corrected chi connectivity index (χ3v) is 3.51. The summed E-state index contributed by atoms with van der Waals surface area (Å²) in [5.74, 6) is 1.14. The first-order chi connectivity index (χ1) is 9.66. The Kier molecular flexibility index (Phi) is 3.11. The second-order valence-electron chi connectivity index (χ2n) is 4.12. The van der Waals surface area contributed by atoms with Crippen molar-refractivity contribution in [2.75, 3.05) is 5.73 Å². The highest BCUT2D eigenvalue weighted by Gasteiger charge is 2.13. The highest BCUT2D eigenvalue weighted by Crippen LogP contribution is 2.24. The first kappa shape index (κ1) is 12.6. The zero-order valence-corrected chi connectivity index (χ0v) is 11.8. The average molecular weight is 332 g/mol. The molecule has 0 saturated heterocycles. The van der Waals surface area contributed by atoms with Crippen LogP contribution in [0.5, 0.6) is 0 Å². The molecule has 0 aliphatic carbocycles. The molecule has 3 rings (SSSR count). The minimum Gasteiger partial charge on any atom is -0.399 e. The molecule has 6 nitrogen and oxygen atoms in total. The number of halogens is 1. The lowest BCUT2D eigenvalue weighted by molar-refractivity contribution is 0.952. The summed E-state index contributed by atoms with van der Waals surface area (Å²) < 4.78 is 2.08. The summed E-state index contributed by atoms with van der Waals surface area (Å²) in [6, 6.07) is 7.37.